The Hall–Kier alpha value is -3.43. The number of hydrogen-bond donors (Lipinski definition) is 0. The molecular weight excluding hydrogens is 432 g/mol. The fourth-order valence-electron chi connectivity index (χ4n) is 4.56. The van der Waals surface area contributed by atoms with E-state index in [0.29, 0.717) is 25.5 Å². The van der Waals surface area contributed by atoms with Crippen LogP contribution in [-0.2, 0) is 22.9 Å². The van der Waals surface area contributed by atoms with Crippen LogP contribution in [0.4, 0.5) is 5.69 Å². The van der Waals surface area contributed by atoms with Gasteiger partial charge in [0.05, 0.1) is 43.8 Å². The van der Waals surface area contributed by atoms with Crippen LogP contribution in [0.15, 0.2) is 48.9 Å². The van der Waals surface area contributed by atoms with E-state index in [2.05, 4.69) is 34.3 Å². The van der Waals surface area contributed by atoms with Crippen molar-refractivity contribution >= 4 is 16.7 Å². The molecule has 9 heteroatoms. The standard InChI is InChI=1S/C25H28N6O3/c1-29-16-20(15-26-29)31-8-6-22-24(31)25(34-21-7-11-33-17-21)28-23(27-22)14-18-2-4-19(5-3-18)30-9-12-32-13-10-30/h2-6,8,15-16,21H,7,9-14,17H2,1H3/t21-/m0/s1. The highest BCUT2D eigenvalue weighted by Crippen LogP contribution is 2.29. The summed E-state index contributed by atoms with van der Waals surface area (Å²) in [5, 5.41) is 4.31. The number of ether oxygens (including phenoxy) is 3. The van der Waals surface area contributed by atoms with Crippen LogP contribution in [-0.4, -0.2) is 69.9 Å². The van der Waals surface area contributed by atoms with E-state index in [1.54, 1.807) is 4.68 Å². The van der Waals surface area contributed by atoms with Crippen LogP contribution in [0.25, 0.3) is 16.7 Å². The second-order valence-electron chi connectivity index (χ2n) is 8.78. The molecule has 9 nitrogen and oxygen atoms in total. The second kappa shape index (κ2) is 9.08. The maximum Gasteiger partial charge on any atom is 0.242 e. The van der Waals surface area contributed by atoms with Crippen molar-refractivity contribution in [1.82, 2.24) is 24.3 Å². The molecule has 2 aliphatic rings. The molecule has 2 saturated heterocycles. The highest BCUT2D eigenvalue weighted by atomic mass is 16.5. The molecule has 0 aliphatic carbocycles. The van der Waals surface area contributed by atoms with Gasteiger partial charge in [-0.2, -0.15) is 10.1 Å². The van der Waals surface area contributed by atoms with E-state index in [1.165, 1.54) is 11.3 Å². The first-order chi connectivity index (χ1) is 16.7. The van der Waals surface area contributed by atoms with Gasteiger partial charge in [0.1, 0.15) is 17.4 Å². The molecule has 1 aromatic carbocycles. The smallest absolute Gasteiger partial charge is 0.242 e. The molecule has 0 spiro atoms. The minimum atomic E-state index is -0.00370. The second-order valence-corrected chi connectivity index (χ2v) is 8.78. The lowest BCUT2D eigenvalue weighted by Gasteiger charge is -2.28. The first-order valence-corrected chi connectivity index (χ1v) is 11.8. The fourth-order valence-corrected chi connectivity index (χ4v) is 4.56. The molecule has 6 rings (SSSR count). The maximum absolute atomic E-state index is 6.35. The van der Waals surface area contributed by atoms with Crippen molar-refractivity contribution in [2.24, 2.45) is 7.05 Å². The van der Waals surface area contributed by atoms with Crippen LogP contribution in [0.2, 0.25) is 0 Å². The summed E-state index contributed by atoms with van der Waals surface area (Å²) < 4.78 is 21.2. The van der Waals surface area contributed by atoms with Crippen LogP contribution in [0.1, 0.15) is 17.8 Å². The molecule has 0 amide bonds. The van der Waals surface area contributed by atoms with Crippen LogP contribution < -0.4 is 9.64 Å². The Labute approximate surface area is 197 Å². The summed E-state index contributed by atoms with van der Waals surface area (Å²) >= 11 is 0. The number of fused-ring (bicyclic) bond motifs is 1. The Bertz CT molecular complexity index is 1270. The number of nitrogens with zero attached hydrogens (tertiary/aromatic N) is 6. The van der Waals surface area contributed by atoms with Gasteiger partial charge in [0.2, 0.25) is 5.88 Å². The predicted octanol–water partition coefficient (Wildman–Crippen LogP) is 2.75. The van der Waals surface area contributed by atoms with Gasteiger partial charge in [0, 0.05) is 51.1 Å². The summed E-state index contributed by atoms with van der Waals surface area (Å²) in [6.45, 7) is 4.71. The number of benzene rings is 1. The molecule has 0 saturated carbocycles. The number of hydrogen-bond acceptors (Lipinski definition) is 7. The molecule has 4 aromatic rings. The summed E-state index contributed by atoms with van der Waals surface area (Å²) in [7, 11) is 1.90. The third-order valence-corrected chi connectivity index (χ3v) is 6.36. The van der Waals surface area contributed by atoms with Gasteiger partial charge in [-0.3, -0.25) is 4.68 Å². The van der Waals surface area contributed by atoms with Gasteiger partial charge >= 0.3 is 0 Å². The van der Waals surface area contributed by atoms with Crippen molar-refractivity contribution in [1.29, 1.82) is 0 Å². The van der Waals surface area contributed by atoms with Crippen molar-refractivity contribution in [2.75, 3.05) is 44.4 Å². The molecule has 1 atom stereocenters. The first kappa shape index (κ1) is 21.1. The predicted molar refractivity (Wildman–Crippen MR) is 128 cm³/mol. The van der Waals surface area contributed by atoms with Crippen molar-refractivity contribution < 1.29 is 14.2 Å². The lowest BCUT2D eigenvalue weighted by Crippen LogP contribution is -2.36. The molecule has 0 N–H and O–H groups in total. The van der Waals surface area contributed by atoms with Gasteiger partial charge in [-0.15, -0.1) is 0 Å². The van der Waals surface area contributed by atoms with Crippen LogP contribution in [0, 0.1) is 0 Å². The zero-order valence-electron chi connectivity index (χ0n) is 19.3. The molecule has 0 radical (unpaired) electrons. The monoisotopic (exact) mass is 460 g/mol. The Morgan fingerprint density at radius 2 is 1.85 bits per heavy atom. The summed E-state index contributed by atoms with van der Waals surface area (Å²) in [5.74, 6) is 1.33. The van der Waals surface area contributed by atoms with Gasteiger partial charge in [-0.1, -0.05) is 12.1 Å². The normalized spacial score (nSPS) is 18.6. The van der Waals surface area contributed by atoms with E-state index in [1.807, 2.05) is 36.3 Å². The van der Waals surface area contributed by atoms with Gasteiger partial charge in [-0.25, -0.2) is 4.98 Å². The maximum atomic E-state index is 6.35. The molecule has 2 fully saturated rings. The average molecular weight is 461 g/mol. The Balaban J connectivity index is 1.31. The van der Waals surface area contributed by atoms with Gasteiger partial charge in [0.15, 0.2) is 0 Å². The first-order valence-electron chi connectivity index (χ1n) is 11.8. The van der Waals surface area contributed by atoms with E-state index < -0.39 is 0 Å². The number of aromatic nitrogens is 5. The van der Waals surface area contributed by atoms with E-state index in [4.69, 9.17) is 24.2 Å². The van der Waals surface area contributed by atoms with E-state index in [0.717, 1.165) is 55.3 Å². The summed E-state index contributed by atoms with van der Waals surface area (Å²) in [5.41, 5.74) is 5.04. The van der Waals surface area contributed by atoms with Gasteiger partial charge in [0.25, 0.3) is 0 Å². The third kappa shape index (κ3) is 4.24. The minimum Gasteiger partial charge on any atom is -0.470 e. The van der Waals surface area contributed by atoms with Crippen LogP contribution in [0.3, 0.4) is 0 Å². The Kier molecular flexibility index (Phi) is 5.64. The Morgan fingerprint density at radius 1 is 1.00 bits per heavy atom. The highest BCUT2D eigenvalue weighted by molar-refractivity contribution is 5.82. The average Bonchev–Trinajstić information content (AvgIpc) is 3.61. The molecule has 2 aliphatic heterocycles. The van der Waals surface area contributed by atoms with Crippen molar-refractivity contribution in [3.63, 3.8) is 0 Å². The van der Waals surface area contributed by atoms with E-state index in [-0.39, 0.29) is 6.10 Å². The molecule has 0 unspecified atom stereocenters. The number of rotatable bonds is 6. The summed E-state index contributed by atoms with van der Waals surface area (Å²) in [6.07, 6.45) is 7.27. The molecule has 3 aromatic heterocycles. The lowest BCUT2D eigenvalue weighted by molar-refractivity contribution is 0.122. The zero-order chi connectivity index (χ0) is 22.9. The van der Waals surface area contributed by atoms with E-state index >= 15 is 0 Å². The molecule has 0 bridgehead atoms. The SMILES string of the molecule is Cn1cc(-n2ccc3nc(Cc4ccc(N5CCOCC5)cc4)nc(O[C@H]4CCOC4)c32)cn1. The largest absolute Gasteiger partial charge is 0.470 e. The van der Waals surface area contributed by atoms with Crippen molar-refractivity contribution in [2.45, 2.75) is 18.9 Å². The van der Waals surface area contributed by atoms with Gasteiger partial charge < -0.3 is 23.7 Å². The number of anilines is 1. The van der Waals surface area contributed by atoms with Gasteiger partial charge in [-0.05, 0) is 23.8 Å². The summed E-state index contributed by atoms with van der Waals surface area (Å²) in [6, 6.07) is 10.7. The van der Waals surface area contributed by atoms with Crippen LogP contribution in [0.5, 0.6) is 5.88 Å². The number of morpholine rings is 1. The quantitative estimate of drug-likeness (QED) is 0.438. The molecular formula is C25H28N6O3. The molecule has 34 heavy (non-hydrogen) atoms. The van der Waals surface area contributed by atoms with Crippen LogP contribution >= 0.6 is 0 Å². The zero-order valence-corrected chi connectivity index (χ0v) is 19.3. The topological polar surface area (TPSA) is 79.5 Å². The molecule has 176 valence electrons. The number of aryl methyl sites for hydroxylation is 1. The Morgan fingerprint density at radius 3 is 2.59 bits per heavy atom. The summed E-state index contributed by atoms with van der Waals surface area (Å²) in [4.78, 5) is 12.1. The lowest BCUT2D eigenvalue weighted by atomic mass is 10.1. The third-order valence-electron chi connectivity index (χ3n) is 6.36. The van der Waals surface area contributed by atoms with Crippen molar-refractivity contribution in [3.8, 4) is 11.6 Å². The minimum absolute atomic E-state index is 0.00370. The molecule has 5 heterocycles. The van der Waals surface area contributed by atoms with Crippen molar-refractivity contribution in [3.05, 3.63) is 60.3 Å². The highest BCUT2D eigenvalue weighted by Gasteiger charge is 2.22. The van der Waals surface area contributed by atoms with E-state index in [9.17, 15) is 0 Å². The fraction of sp³-hybridized carbons (Fsp3) is 0.400.